The van der Waals surface area contributed by atoms with Gasteiger partial charge in [0.05, 0.1) is 37.5 Å². The molecule has 3 aromatic rings. The van der Waals surface area contributed by atoms with Gasteiger partial charge in [-0.3, -0.25) is 35.1 Å². The first-order valence-electron chi connectivity index (χ1n) is 10.8. The molecule has 0 unspecified atom stereocenters. The smallest absolute Gasteiger partial charge is 0.318 e. The number of nitro benzene ring substituents is 3. The molecule has 0 atom stereocenters. The van der Waals surface area contributed by atoms with Crippen molar-refractivity contribution in [2.24, 2.45) is 0 Å². The summed E-state index contributed by atoms with van der Waals surface area (Å²) in [5.74, 6) is -1.33. The Morgan fingerprint density at radius 1 is 1.00 bits per heavy atom. The Hall–Kier alpha value is -4.46. The summed E-state index contributed by atoms with van der Waals surface area (Å²) in [6.07, 6.45) is 0.919. The molecule has 0 aliphatic carbocycles. The van der Waals surface area contributed by atoms with Crippen molar-refractivity contribution in [3.05, 3.63) is 82.7 Å². The van der Waals surface area contributed by atoms with E-state index in [0.29, 0.717) is 37.2 Å². The molecule has 2 aromatic carbocycles. The van der Waals surface area contributed by atoms with E-state index in [0.717, 1.165) is 17.1 Å². The Balaban J connectivity index is 1.43. The summed E-state index contributed by atoms with van der Waals surface area (Å²) >= 11 is 1.40. The van der Waals surface area contributed by atoms with E-state index in [1.165, 1.54) is 17.4 Å². The van der Waals surface area contributed by atoms with Crippen molar-refractivity contribution >= 4 is 34.3 Å². The normalized spacial score (nSPS) is 13.9. The summed E-state index contributed by atoms with van der Waals surface area (Å²) in [5, 5.41) is 46.0. The minimum Gasteiger partial charge on any atom is -0.497 e. The van der Waals surface area contributed by atoms with E-state index in [9.17, 15) is 40.2 Å². The number of amides is 1. The molecule has 0 spiro atoms. The van der Waals surface area contributed by atoms with Gasteiger partial charge in [-0.2, -0.15) is 0 Å². The number of rotatable bonds is 7. The Morgan fingerprint density at radius 3 is 2.17 bits per heavy atom. The first kappa shape index (κ1) is 24.7. The van der Waals surface area contributed by atoms with Crippen molar-refractivity contribution in [3.8, 4) is 17.0 Å². The molecule has 1 aliphatic heterocycles. The molecular formula is C22H19N5O8S. The number of phenolic OH excluding ortho intramolecular Hbond substituents is 1. The lowest BCUT2D eigenvalue weighted by Gasteiger charge is -2.31. The standard InChI is InChI=1S/C22H19N5O8S/c28-20(11-13-9-18(26(32)33)21(29)19(10-13)27(34)35)24-7-5-14(6-8-24)22-23-16(12-36-22)15-3-1-2-4-17(15)25(30)31/h1-4,9-10,12,14,29H,5-8,11H2. The average Bonchev–Trinajstić information content (AvgIpc) is 3.35. The Kier molecular flexibility index (Phi) is 6.87. The number of hydrogen-bond acceptors (Lipinski definition) is 10. The van der Waals surface area contributed by atoms with Gasteiger partial charge in [-0.05, 0) is 24.5 Å². The van der Waals surface area contributed by atoms with E-state index in [-0.39, 0.29) is 29.5 Å². The van der Waals surface area contributed by atoms with Crippen LogP contribution in [0.4, 0.5) is 17.1 Å². The minimum absolute atomic E-state index is 0.0236. The quantitative estimate of drug-likeness (QED) is 0.357. The van der Waals surface area contributed by atoms with Gasteiger partial charge in [0.25, 0.3) is 11.4 Å². The van der Waals surface area contributed by atoms with Gasteiger partial charge in [-0.25, -0.2) is 4.98 Å². The van der Waals surface area contributed by atoms with Crippen LogP contribution in [0.15, 0.2) is 41.8 Å². The van der Waals surface area contributed by atoms with Crippen LogP contribution < -0.4 is 0 Å². The highest BCUT2D eigenvalue weighted by Gasteiger charge is 2.30. The lowest BCUT2D eigenvalue weighted by Crippen LogP contribution is -2.38. The summed E-state index contributed by atoms with van der Waals surface area (Å²) in [4.78, 5) is 50.3. The van der Waals surface area contributed by atoms with Crippen molar-refractivity contribution in [1.82, 2.24) is 9.88 Å². The van der Waals surface area contributed by atoms with Gasteiger partial charge in [-0.1, -0.05) is 12.1 Å². The van der Waals surface area contributed by atoms with Crippen LogP contribution in [0.3, 0.4) is 0 Å². The number of hydrogen-bond donors (Lipinski definition) is 1. The molecule has 186 valence electrons. The molecular weight excluding hydrogens is 494 g/mol. The second-order valence-corrected chi connectivity index (χ2v) is 9.06. The molecule has 0 bridgehead atoms. The van der Waals surface area contributed by atoms with Crippen LogP contribution in [0.25, 0.3) is 11.3 Å². The fourth-order valence-electron chi connectivity index (χ4n) is 4.15. The predicted octanol–water partition coefficient (Wildman–Crippen LogP) is 4.19. The first-order valence-corrected chi connectivity index (χ1v) is 11.6. The highest BCUT2D eigenvalue weighted by Crippen LogP contribution is 2.38. The number of thiazole rings is 1. The van der Waals surface area contributed by atoms with Gasteiger partial charge in [0.2, 0.25) is 5.91 Å². The number of nitro groups is 3. The molecule has 1 saturated heterocycles. The average molecular weight is 513 g/mol. The van der Waals surface area contributed by atoms with Crippen molar-refractivity contribution < 1.29 is 24.7 Å². The number of carbonyl (C=O) groups excluding carboxylic acids is 1. The fraction of sp³-hybridized carbons (Fsp3) is 0.273. The maximum Gasteiger partial charge on any atom is 0.318 e. The molecule has 1 amide bonds. The molecule has 14 heteroatoms. The van der Waals surface area contributed by atoms with E-state index < -0.39 is 31.9 Å². The molecule has 1 aromatic heterocycles. The number of likely N-dealkylation sites (tertiary alicyclic amines) is 1. The summed E-state index contributed by atoms with van der Waals surface area (Å²) in [6, 6.07) is 8.31. The van der Waals surface area contributed by atoms with E-state index in [1.54, 1.807) is 28.5 Å². The van der Waals surface area contributed by atoms with Gasteiger partial charge in [-0.15, -0.1) is 11.3 Å². The Morgan fingerprint density at radius 2 is 1.58 bits per heavy atom. The topological polar surface area (TPSA) is 183 Å². The fourth-order valence-corrected chi connectivity index (χ4v) is 5.14. The first-order chi connectivity index (χ1) is 17.2. The third-order valence-electron chi connectivity index (χ3n) is 5.97. The van der Waals surface area contributed by atoms with E-state index in [4.69, 9.17) is 0 Å². The summed E-state index contributed by atoms with van der Waals surface area (Å²) in [5.41, 5.74) is -0.657. The number of aromatic hydroxyl groups is 1. The molecule has 1 fully saturated rings. The van der Waals surface area contributed by atoms with Gasteiger partial charge >= 0.3 is 11.4 Å². The summed E-state index contributed by atoms with van der Waals surface area (Å²) < 4.78 is 0. The van der Waals surface area contributed by atoms with Crippen molar-refractivity contribution in [2.75, 3.05) is 13.1 Å². The zero-order valence-corrected chi connectivity index (χ0v) is 19.4. The Labute approximate surface area is 207 Å². The number of nitrogens with zero attached hydrogens (tertiary/aromatic N) is 5. The van der Waals surface area contributed by atoms with Gasteiger partial charge in [0, 0.05) is 42.6 Å². The molecule has 4 rings (SSSR count). The highest BCUT2D eigenvalue weighted by atomic mass is 32.1. The summed E-state index contributed by atoms with van der Waals surface area (Å²) in [7, 11) is 0. The maximum absolute atomic E-state index is 12.8. The molecule has 2 heterocycles. The third kappa shape index (κ3) is 4.98. The zero-order valence-electron chi connectivity index (χ0n) is 18.6. The van der Waals surface area contributed by atoms with Crippen molar-refractivity contribution in [2.45, 2.75) is 25.2 Å². The third-order valence-corrected chi connectivity index (χ3v) is 6.98. The second kappa shape index (κ2) is 10.0. The number of phenols is 1. The Bertz CT molecular complexity index is 1330. The monoisotopic (exact) mass is 513 g/mol. The van der Waals surface area contributed by atoms with Crippen molar-refractivity contribution in [3.63, 3.8) is 0 Å². The lowest BCUT2D eigenvalue weighted by atomic mass is 9.97. The number of piperidine rings is 1. The van der Waals surface area contributed by atoms with Gasteiger partial charge in [0.1, 0.15) is 0 Å². The molecule has 13 nitrogen and oxygen atoms in total. The largest absolute Gasteiger partial charge is 0.497 e. The number of carbonyl (C=O) groups is 1. The molecule has 0 radical (unpaired) electrons. The van der Waals surface area contributed by atoms with Crippen LogP contribution in [0.5, 0.6) is 5.75 Å². The van der Waals surface area contributed by atoms with E-state index in [1.807, 2.05) is 0 Å². The molecule has 36 heavy (non-hydrogen) atoms. The predicted molar refractivity (Wildman–Crippen MR) is 128 cm³/mol. The molecule has 1 N–H and O–H groups in total. The highest BCUT2D eigenvalue weighted by molar-refractivity contribution is 7.10. The SMILES string of the molecule is O=C(Cc1cc([N+](=O)[O-])c(O)c([N+](=O)[O-])c1)N1CCC(c2nc(-c3ccccc3[N+](=O)[O-])cs2)CC1. The van der Waals surface area contributed by atoms with E-state index in [2.05, 4.69) is 4.98 Å². The van der Waals surface area contributed by atoms with Crippen molar-refractivity contribution in [1.29, 1.82) is 0 Å². The van der Waals surface area contributed by atoms with Crippen LogP contribution in [0.1, 0.15) is 29.3 Å². The number of para-hydroxylation sites is 1. The lowest BCUT2D eigenvalue weighted by molar-refractivity contribution is -0.396. The molecule has 1 aliphatic rings. The number of aromatic nitrogens is 1. The van der Waals surface area contributed by atoms with E-state index >= 15 is 0 Å². The van der Waals surface area contributed by atoms with Crippen LogP contribution in [-0.4, -0.2) is 48.8 Å². The second-order valence-electron chi connectivity index (χ2n) is 8.17. The summed E-state index contributed by atoms with van der Waals surface area (Å²) in [6.45, 7) is 0.790. The van der Waals surface area contributed by atoms with Gasteiger partial charge in [0.15, 0.2) is 0 Å². The van der Waals surface area contributed by atoms with Gasteiger partial charge < -0.3 is 10.0 Å². The minimum atomic E-state index is -1.05. The van der Waals surface area contributed by atoms with Crippen LogP contribution in [0, 0.1) is 30.3 Å². The number of benzene rings is 2. The maximum atomic E-state index is 12.8. The van der Waals surface area contributed by atoms with Crippen LogP contribution in [-0.2, 0) is 11.2 Å². The zero-order chi connectivity index (χ0) is 26.0. The van der Waals surface area contributed by atoms with Crippen LogP contribution >= 0.6 is 11.3 Å². The molecule has 0 saturated carbocycles. The van der Waals surface area contributed by atoms with Crippen LogP contribution in [0.2, 0.25) is 0 Å².